The molecule has 0 aromatic heterocycles. The molecule has 1 amide bonds. The zero-order valence-corrected chi connectivity index (χ0v) is 16.3. The number of fused-ring (bicyclic) bond motifs is 1. The number of hydrogen-bond acceptors (Lipinski definition) is 7. The Morgan fingerprint density at radius 3 is 2.57 bits per heavy atom. The van der Waals surface area contributed by atoms with Crippen molar-refractivity contribution < 1.29 is 28.2 Å². The highest BCUT2D eigenvalue weighted by Crippen LogP contribution is 2.32. The topological polar surface area (TPSA) is 94.3 Å². The number of ether oxygens (including phenoxy) is 3. The van der Waals surface area contributed by atoms with Crippen molar-refractivity contribution in [3.05, 3.63) is 53.3 Å². The second-order valence-electron chi connectivity index (χ2n) is 7.15. The average Bonchev–Trinajstić information content (AvgIpc) is 3.20. The first kappa shape index (κ1) is 20.0. The minimum absolute atomic E-state index is 0.0235. The lowest BCUT2D eigenvalue weighted by Gasteiger charge is -2.34. The van der Waals surface area contributed by atoms with Crippen LogP contribution in [0.2, 0.25) is 0 Å². The Hall–Kier alpha value is -3.33. The molecule has 0 aliphatic carbocycles. The van der Waals surface area contributed by atoms with E-state index >= 15 is 0 Å². The second kappa shape index (κ2) is 8.58. The van der Waals surface area contributed by atoms with Gasteiger partial charge in [0.1, 0.15) is 5.82 Å². The number of piperazine rings is 1. The lowest BCUT2D eigenvalue weighted by molar-refractivity contribution is -0.136. The zero-order valence-electron chi connectivity index (χ0n) is 16.3. The lowest BCUT2D eigenvalue weighted by Crippen LogP contribution is -2.49. The number of benzene rings is 2. The summed E-state index contributed by atoms with van der Waals surface area (Å²) in [7, 11) is 0. The van der Waals surface area contributed by atoms with Crippen LogP contribution in [0, 0.1) is 5.82 Å². The maximum absolute atomic E-state index is 13.1. The number of carbonyl (C=O) groups excluding carboxylic acids is 2. The van der Waals surface area contributed by atoms with E-state index in [2.05, 4.69) is 4.90 Å². The van der Waals surface area contributed by atoms with E-state index in [4.69, 9.17) is 19.9 Å². The Morgan fingerprint density at radius 2 is 1.80 bits per heavy atom. The molecule has 1 saturated heterocycles. The summed E-state index contributed by atoms with van der Waals surface area (Å²) < 4.78 is 28.9. The molecule has 8 nitrogen and oxygen atoms in total. The number of esters is 1. The van der Waals surface area contributed by atoms with Gasteiger partial charge in [-0.1, -0.05) is 6.07 Å². The molecule has 2 heterocycles. The molecule has 0 spiro atoms. The summed E-state index contributed by atoms with van der Waals surface area (Å²) in [5.41, 5.74) is 6.76. The molecule has 0 unspecified atom stereocenters. The number of anilines is 1. The first-order valence-electron chi connectivity index (χ1n) is 9.60. The van der Waals surface area contributed by atoms with Crippen molar-refractivity contribution in [1.29, 1.82) is 0 Å². The van der Waals surface area contributed by atoms with Crippen molar-refractivity contribution in [3.63, 3.8) is 0 Å². The number of nitrogen functional groups attached to an aromatic ring is 1. The number of halogens is 1. The maximum Gasteiger partial charge on any atom is 0.340 e. The number of nitrogens with two attached hydrogens (primary N) is 1. The molecule has 0 atom stereocenters. The molecule has 30 heavy (non-hydrogen) atoms. The van der Waals surface area contributed by atoms with E-state index in [0.29, 0.717) is 26.2 Å². The molecule has 158 valence electrons. The second-order valence-corrected chi connectivity index (χ2v) is 7.15. The molecule has 2 N–H and O–H groups in total. The minimum atomic E-state index is -0.748. The van der Waals surface area contributed by atoms with Gasteiger partial charge in [0, 0.05) is 38.4 Å². The van der Waals surface area contributed by atoms with Crippen LogP contribution < -0.4 is 15.2 Å². The van der Waals surface area contributed by atoms with Crippen LogP contribution in [0.3, 0.4) is 0 Å². The molecule has 0 bridgehead atoms. The Kier molecular flexibility index (Phi) is 5.71. The molecule has 2 aliphatic rings. The number of carbonyl (C=O) groups is 2. The SMILES string of the molecule is Nc1cc(F)ccc1C(=O)OCC(=O)N1CCN(Cc2ccc3c(c2)OCO3)CC1. The smallest absolute Gasteiger partial charge is 0.340 e. The van der Waals surface area contributed by atoms with Crippen LogP contribution in [0.25, 0.3) is 0 Å². The first-order chi connectivity index (χ1) is 14.5. The molecule has 1 fully saturated rings. The lowest BCUT2D eigenvalue weighted by atomic mass is 10.1. The molecule has 2 aliphatic heterocycles. The van der Waals surface area contributed by atoms with Crippen LogP contribution >= 0.6 is 0 Å². The zero-order chi connectivity index (χ0) is 21.1. The van der Waals surface area contributed by atoms with Gasteiger partial charge < -0.3 is 24.8 Å². The predicted molar refractivity (Wildman–Crippen MR) is 106 cm³/mol. The number of hydrogen-bond donors (Lipinski definition) is 1. The molecule has 4 rings (SSSR count). The third-order valence-corrected chi connectivity index (χ3v) is 5.13. The van der Waals surface area contributed by atoms with Gasteiger partial charge in [-0.05, 0) is 35.9 Å². The van der Waals surface area contributed by atoms with Crippen LogP contribution in [-0.2, 0) is 16.1 Å². The van der Waals surface area contributed by atoms with Crippen molar-refractivity contribution in [2.75, 3.05) is 45.3 Å². The van der Waals surface area contributed by atoms with Crippen molar-refractivity contribution in [2.24, 2.45) is 0 Å². The van der Waals surface area contributed by atoms with E-state index in [0.717, 1.165) is 35.7 Å². The van der Waals surface area contributed by atoms with Gasteiger partial charge in [0.15, 0.2) is 18.1 Å². The summed E-state index contributed by atoms with van der Waals surface area (Å²) in [4.78, 5) is 28.4. The van der Waals surface area contributed by atoms with E-state index in [1.54, 1.807) is 4.90 Å². The Bertz CT molecular complexity index is 960. The van der Waals surface area contributed by atoms with Gasteiger partial charge in [0.05, 0.1) is 5.56 Å². The van der Waals surface area contributed by atoms with Crippen LogP contribution in [0.4, 0.5) is 10.1 Å². The van der Waals surface area contributed by atoms with Crippen LogP contribution in [0.5, 0.6) is 11.5 Å². The van der Waals surface area contributed by atoms with Gasteiger partial charge in [-0.2, -0.15) is 0 Å². The number of amides is 1. The molecule has 0 radical (unpaired) electrons. The number of nitrogens with zero attached hydrogens (tertiary/aromatic N) is 2. The molecule has 2 aromatic rings. The average molecular weight is 415 g/mol. The maximum atomic E-state index is 13.1. The summed E-state index contributed by atoms with van der Waals surface area (Å²) in [6.45, 7) is 3.12. The van der Waals surface area contributed by atoms with E-state index in [1.807, 2.05) is 18.2 Å². The van der Waals surface area contributed by atoms with Gasteiger partial charge in [-0.25, -0.2) is 9.18 Å². The van der Waals surface area contributed by atoms with Crippen LogP contribution in [-0.4, -0.2) is 61.3 Å². The van der Waals surface area contributed by atoms with Crippen LogP contribution in [0.1, 0.15) is 15.9 Å². The highest BCUT2D eigenvalue weighted by atomic mass is 19.1. The van der Waals surface area contributed by atoms with E-state index in [-0.39, 0.29) is 30.6 Å². The molecular weight excluding hydrogens is 393 g/mol. The standard InChI is InChI=1S/C21H22FN3O5/c22-15-2-3-16(17(23)10-15)21(27)28-12-20(26)25-7-5-24(6-8-25)11-14-1-4-18-19(9-14)30-13-29-18/h1-4,9-10H,5-8,11-13,23H2. The molecular formula is C21H22FN3O5. The summed E-state index contributed by atoms with van der Waals surface area (Å²) in [5.74, 6) is -0.0520. The van der Waals surface area contributed by atoms with Gasteiger partial charge in [-0.15, -0.1) is 0 Å². The van der Waals surface area contributed by atoms with Gasteiger partial charge in [0.25, 0.3) is 5.91 Å². The van der Waals surface area contributed by atoms with Crippen molar-refractivity contribution in [2.45, 2.75) is 6.54 Å². The highest BCUT2D eigenvalue weighted by Gasteiger charge is 2.23. The largest absolute Gasteiger partial charge is 0.454 e. The van der Waals surface area contributed by atoms with E-state index in [9.17, 15) is 14.0 Å². The van der Waals surface area contributed by atoms with E-state index < -0.39 is 11.8 Å². The van der Waals surface area contributed by atoms with Gasteiger partial charge >= 0.3 is 5.97 Å². The van der Waals surface area contributed by atoms with Crippen molar-refractivity contribution >= 4 is 17.6 Å². The third-order valence-electron chi connectivity index (χ3n) is 5.13. The van der Waals surface area contributed by atoms with Gasteiger partial charge in [-0.3, -0.25) is 9.69 Å². The quantitative estimate of drug-likeness (QED) is 0.586. The van der Waals surface area contributed by atoms with Crippen LogP contribution in [0.15, 0.2) is 36.4 Å². The highest BCUT2D eigenvalue weighted by molar-refractivity contribution is 5.96. The fourth-order valence-corrected chi connectivity index (χ4v) is 3.47. The Morgan fingerprint density at radius 1 is 1.03 bits per heavy atom. The monoisotopic (exact) mass is 415 g/mol. The summed E-state index contributed by atoms with van der Waals surface area (Å²) >= 11 is 0. The normalized spacial score (nSPS) is 15.8. The molecule has 0 saturated carbocycles. The fraction of sp³-hybridized carbons (Fsp3) is 0.333. The van der Waals surface area contributed by atoms with Gasteiger partial charge in [0.2, 0.25) is 6.79 Å². The predicted octanol–water partition coefficient (Wildman–Crippen LogP) is 1.64. The fourth-order valence-electron chi connectivity index (χ4n) is 3.47. The van der Waals surface area contributed by atoms with Crippen molar-refractivity contribution in [1.82, 2.24) is 9.80 Å². The minimum Gasteiger partial charge on any atom is -0.454 e. The first-order valence-corrected chi connectivity index (χ1v) is 9.60. The Labute approximate surface area is 172 Å². The number of rotatable bonds is 5. The van der Waals surface area contributed by atoms with Crippen molar-refractivity contribution in [3.8, 4) is 11.5 Å². The summed E-state index contributed by atoms with van der Waals surface area (Å²) in [5, 5.41) is 0. The third kappa shape index (κ3) is 4.46. The Balaban J connectivity index is 1.23. The summed E-state index contributed by atoms with van der Waals surface area (Å²) in [6.07, 6.45) is 0. The molecule has 2 aromatic carbocycles. The summed E-state index contributed by atoms with van der Waals surface area (Å²) in [6, 6.07) is 9.28. The van der Waals surface area contributed by atoms with E-state index in [1.165, 1.54) is 6.07 Å². The molecule has 9 heteroatoms.